The fourth-order valence-electron chi connectivity index (χ4n) is 3.27. The molecule has 0 amide bonds. The predicted molar refractivity (Wildman–Crippen MR) is 89.3 cm³/mol. The predicted octanol–water partition coefficient (Wildman–Crippen LogP) is 3.53. The Morgan fingerprint density at radius 3 is 2.70 bits per heavy atom. The van der Waals surface area contributed by atoms with Crippen LogP contribution in [0.3, 0.4) is 0 Å². The molecule has 1 aliphatic carbocycles. The Balaban J connectivity index is 1.56. The summed E-state index contributed by atoms with van der Waals surface area (Å²) in [6.07, 6.45) is 7.27. The fraction of sp³-hybridized carbons (Fsp3) is 0.421. The van der Waals surface area contributed by atoms with Crippen molar-refractivity contribution in [1.82, 2.24) is 10.3 Å². The van der Waals surface area contributed by atoms with Gasteiger partial charge in [0.25, 0.3) is 0 Å². The van der Waals surface area contributed by atoms with Crippen LogP contribution in [0.5, 0.6) is 0 Å². The minimum Gasteiger partial charge on any atom is -0.393 e. The van der Waals surface area contributed by atoms with Gasteiger partial charge in [-0.25, -0.2) is 4.39 Å². The van der Waals surface area contributed by atoms with Crippen molar-refractivity contribution in [3.63, 3.8) is 0 Å². The van der Waals surface area contributed by atoms with Crippen LogP contribution in [-0.4, -0.2) is 22.7 Å². The zero-order valence-electron chi connectivity index (χ0n) is 13.2. The molecule has 0 spiro atoms. The molecule has 1 heterocycles. The lowest BCUT2D eigenvalue weighted by molar-refractivity contribution is 0.101. The number of aromatic nitrogens is 1. The van der Waals surface area contributed by atoms with Crippen molar-refractivity contribution in [2.45, 2.75) is 38.3 Å². The molecule has 1 aromatic carbocycles. The van der Waals surface area contributed by atoms with E-state index in [4.69, 9.17) is 0 Å². The molecule has 0 aliphatic heterocycles. The molecule has 2 N–H and O–H groups in total. The van der Waals surface area contributed by atoms with Crippen molar-refractivity contribution in [1.29, 1.82) is 0 Å². The number of aliphatic hydroxyl groups excluding tert-OH is 1. The molecule has 3 rings (SSSR count). The van der Waals surface area contributed by atoms with Crippen molar-refractivity contribution < 1.29 is 9.50 Å². The van der Waals surface area contributed by atoms with Crippen LogP contribution in [0.1, 0.15) is 31.2 Å². The Morgan fingerprint density at radius 1 is 1.13 bits per heavy atom. The first kappa shape index (κ1) is 16.1. The first-order valence-corrected chi connectivity index (χ1v) is 8.30. The van der Waals surface area contributed by atoms with Crippen molar-refractivity contribution in [3.05, 3.63) is 54.1 Å². The summed E-state index contributed by atoms with van der Waals surface area (Å²) < 4.78 is 14.3. The monoisotopic (exact) mass is 314 g/mol. The zero-order chi connectivity index (χ0) is 16.1. The van der Waals surface area contributed by atoms with Gasteiger partial charge in [0.05, 0.1) is 6.10 Å². The van der Waals surface area contributed by atoms with Gasteiger partial charge < -0.3 is 10.4 Å². The number of aliphatic hydroxyl groups is 1. The lowest BCUT2D eigenvalue weighted by atomic mass is 9.87. The maximum absolute atomic E-state index is 14.3. The average Bonchev–Trinajstić information content (AvgIpc) is 2.57. The number of hydrogen-bond acceptors (Lipinski definition) is 3. The van der Waals surface area contributed by atoms with E-state index in [0.717, 1.165) is 43.4 Å². The van der Waals surface area contributed by atoms with E-state index in [9.17, 15) is 9.50 Å². The summed E-state index contributed by atoms with van der Waals surface area (Å²) in [5, 5.41) is 13.0. The third kappa shape index (κ3) is 4.36. The SMILES string of the molecule is OC1CCCC(CNCc2ccc(-c3ccncc3)cc2F)C1. The van der Waals surface area contributed by atoms with E-state index in [1.54, 1.807) is 18.5 Å². The van der Waals surface area contributed by atoms with Gasteiger partial charge in [0.15, 0.2) is 0 Å². The van der Waals surface area contributed by atoms with Crippen LogP contribution in [0.4, 0.5) is 4.39 Å². The van der Waals surface area contributed by atoms with Crippen molar-refractivity contribution in [2.75, 3.05) is 6.54 Å². The molecule has 122 valence electrons. The molecule has 3 nitrogen and oxygen atoms in total. The average molecular weight is 314 g/mol. The number of rotatable bonds is 5. The first-order valence-electron chi connectivity index (χ1n) is 8.30. The molecule has 1 saturated carbocycles. The molecule has 2 unspecified atom stereocenters. The number of benzene rings is 1. The molecule has 1 fully saturated rings. The summed E-state index contributed by atoms with van der Waals surface area (Å²) in [4.78, 5) is 3.98. The van der Waals surface area contributed by atoms with E-state index in [0.29, 0.717) is 18.0 Å². The van der Waals surface area contributed by atoms with E-state index in [1.165, 1.54) is 0 Å². The number of nitrogens with one attached hydrogen (secondary N) is 1. The Labute approximate surface area is 136 Å². The first-order chi connectivity index (χ1) is 11.2. The summed E-state index contributed by atoms with van der Waals surface area (Å²) in [7, 11) is 0. The maximum atomic E-state index is 14.3. The van der Waals surface area contributed by atoms with Crippen LogP contribution in [0, 0.1) is 11.7 Å². The Bertz CT molecular complexity index is 633. The number of halogens is 1. The second kappa shape index (κ2) is 7.66. The summed E-state index contributed by atoms with van der Waals surface area (Å²) in [6.45, 7) is 1.36. The highest BCUT2D eigenvalue weighted by atomic mass is 19.1. The molecule has 2 atom stereocenters. The molecule has 0 bridgehead atoms. The van der Waals surface area contributed by atoms with Gasteiger partial charge in [0, 0.05) is 24.5 Å². The molecule has 4 heteroatoms. The smallest absolute Gasteiger partial charge is 0.128 e. The second-order valence-corrected chi connectivity index (χ2v) is 6.36. The van der Waals surface area contributed by atoms with Gasteiger partial charge in [-0.3, -0.25) is 4.98 Å². The molecule has 1 aromatic heterocycles. The van der Waals surface area contributed by atoms with Gasteiger partial charge in [0.2, 0.25) is 0 Å². The van der Waals surface area contributed by atoms with Gasteiger partial charge >= 0.3 is 0 Å². The van der Waals surface area contributed by atoms with Crippen molar-refractivity contribution in [3.8, 4) is 11.1 Å². The van der Waals surface area contributed by atoms with Crippen molar-refractivity contribution >= 4 is 0 Å². The summed E-state index contributed by atoms with van der Waals surface area (Å²) in [6, 6.07) is 9.12. The Kier molecular flexibility index (Phi) is 5.36. The number of hydrogen-bond donors (Lipinski definition) is 2. The molecule has 2 aromatic rings. The molecule has 1 aliphatic rings. The maximum Gasteiger partial charge on any atom is 0.128 e. The Hall–Kier alpha value is -1.78. The normalized spacial score (nSPS) is 21.3. The number of nitrogens with zero attached hydrogens (tertiary/aromatic N) is 1. The van der Waals surface area contributed by atoms with Gasteiger partial charge in [-0.1, -0.05) is 18.6 Å². The summed E-state index contributed by atoms with van der Waals surface area (Å²) in [5.41, 5.74) is 2.51. The highest BCUT2D eigenvalue weighted by molar-refractivity contribution is 5.63. The van der Waals surface area contributed by atoms with Gasteiger partial charge in [-0.05, 0) is 61.1 Å². The summed E-state index contributed by atoms with van der Waals surface area (Å²) in [5.74, 6) is 0.313. The molecular formula is C19H23FN2O. The van der Waals surface area contributed by atoms with Crippen molar-refractivity contribution in [2.24, 2.45) is 5.92 Å². The molecule has 0 radical (unpaired) electrons. The quantitative estimate of drug-likeness (QED) is 0.887. The van der Waals surface area contributed by atoms with Crippen LogP contribution in [0.25, 0.3) is 11.1 Å². The lowest BCUT2D eigenvalue weighted by Gasteiger charge is -2.26. The van der Waals surface area contributed by atoms with Crippen LogP contribution < -0.4 is 5.32 Å². The standard InChI is InChI=1S/C19H23FN2O/c20-19-11-16(15-6-8-21-9-7-15)4-5-17(19)13-22-12-14-2-1-3-18(23)10-14/h4-9,11,14,18,22-23H,1-3,10,12-13H2. The van der Waals surface area contributed by atoms with Crippen LogP contribution in [0.15, 0.2) is 42.7 Å². The summed E-state index contributed by atoms with van der Waals surface area (Å²) >= 11 is 0. The van der Waals surface area contributed by atoms with Gasteiger partial charge in [-0.2, -0.15) is 0 Å². The van der Waals surface area contributed by atoms with Crippen LogP contribution in [0.2, 0.25) is 0 Å². The van der Waals surface area contributed by atoms with Gasteiger partial charge in [-0.15, -0.1) is 0 Å². The Morgan fingerprint density at radius 2 is 1.96 bits per heavy atom. The topological polar surface area (TPSA) is 45.1 Å². The largest absolute Gasteiger partial charge is 0.393 e. The molecular weight excluding hydrogens is 291 g/mol. The van der Waals surface area contributed by atoms with E-state index in [1.807, 2.05) is 24.3 Å². The third-order valence-electron chi connectivity index (χ3n) is 4.57. The lowest BCUT2D eigenvalue weighted by Crippen LogP contribution is -2.29. The van der Waals surface area contributed by atoms with Crippen LogP contribution >= 0.6 is 0 Å². The molecule has 0 saturated heterocycles. The minimum absolute atomic E-state index is 0.160. The van der Waals surface area contributed by atoms with E-state index < -0.39 is 0 Å². The van der Waals surface area contributed by atoms with Gasteiger partial charge in [0.1, 0.15) is 5.82 Å². The highest BCUT2D eigenvalue weighted by Gasteiger charge is 2.19. The third-order valence-corrected chi connectivity index (χ3v) is 4.57. The van der Waals surface area contributed by atoms with E-state index in [2.05, 4.69) is 10.3 Å². The molecule has 23 heavy (non-hydrogen) atoms. The minimum atomic E-state index is -0.185. The van der Waals surface area contributed by atoms with E-state index >= 15 is 0 Å². The zero-order valence-corrected chi connectivity index (χ0v) is 13.2. The number of pyridine rings is 1. The van der Waals surface area contributed by atoms with Crippen LogP contribution in [-0.2, 0) is 6.54 Å². The van der Waals surface area contributed by atoms with E-state index in [-0.39, 0.29) is 11.9 Å². The fourth-order valence-corrected chi connectivity index (χ4v) is 3.27. The second-order valence-electron chi connectivity index (χ2n) is 6.36. The highest BCUT2D eigenvalue weighted by Crippen LogP contribution is 2.24.